The number of carbonyl (C=O) groups excluding carboxylic acids is 1. The van der Waals surface area contributed by atoms with E-state index in [1.54, 1.807) is 6.07 Å². The molecule has 86 valence electrons. The van der Waals surface area contributed by atoms with Gasteiger partial charge in [-0.3, -0.25) is 0 Å². The monoisotopic (exact) mass is 227 g/mol. The summed E-state index contributed by atoms with van der Waals surface area (Å²) in [7, 11) is 0. The van der Waals surface area contributed by atoms with E-state index >= 15 is 0 Å². The van der Waals surface area contributed by atoms with Crippen LogP contribution in [-0.4, -0.2) is 11.0 Å². The van der Waals surface area contributed by atoms with E-state index < -0.39 is 5.97 Å². The Morgan fingerprint density at radius 3 is 2.59 bits per heavy atom. The number of carboxylic acids is 1. The maximum atomic E-state index is 10.9. The fraction of sp³-hybridized carbons (Fsp3) is 0.0769. The molecule has 0 saturated heterocycles. The highest BCUT2D eigenvalue weighted by molar-refractivity contribution is 5.92. The van der Waals surface area contributed by atoms with Gasteiger partial charge in [-0.2, -0.15) is 0 Å². The van der Waals surface area contributed by atoms with E-state index in [9.17, 15) is 9.90 Å². The van der Waals surface area contributed by atoms with Crippen molar-refractivity contribution in [3.63, 3.8) is 0 Å². The number of benzene rings is 1. The highest BCUT2D eigenvalue weighted by Gasteiger charge is 2.03. The molecule has 1 aromatic heterocycles. The predicted octanol–water partition coefficient (Wildman–Crippen LogP) is 1.50. The molecule has 4 nitrogen and oxygen atoms in total. The molecule has 2 rings (SSSR count). The molecular formula is C13H11N2O2-. The van der Waals surface area contributed by atoms with Gasteiger partial charge in [0, 0.05) is 17.4 Å². The standard InChI is InChI=1S/C13H12N2O2/c1-9-4-6-10(7-5-9)15-12-11(13(16)17)3-2-8-14-12/h2-8H,1H3,(H,14,15)(H,16,17)/p-1. The molecule has 4 heteroatoms. The van der Waals surface area contributed by atoms with Gasteiger partial charge in [0.1, 0.15) is 5.82 Å². The normalized spacial score (nSPS) is 9.94. The predicted molar refractivity (Wildman–Crippen MR) is 63.0 cm³/mol. The zero-order valence-electron chi connectivity index (χ0n) is 9.31. The summed E-state index contributed by atoms with van der Waals surface area (Å²) in [6.07, 6.45) is 1.53. The number of hydrogen-bond donors (Lipinski definition) is 1. The third-order valence-electron chi connectivity index (χ3n) is 2.34. The van der Waals surface area contributed by atoms with Gasteiger partial charge in [0.05, 0.1) is 5.97 Å². The summed E-state index contributed by atoms with van der Waals surface area (Å²) < 4.78 is 0. The third-order valence-corrected chi connectivity index (χ3v) is 2.34. The molecule has 0 spiro atoms. The summed E-state index contributed by atoms with van der Waals surface area (Å²) in [5.41, 5.74) is 1.97. The molecule has 0 bridgehead atoms. The molecule has 17 heavy (non-hydrogen) atoms. The number of rotatable bonds is 3. The molecule has 1 heterocycles. The van der Waals surface area contributed by atoms with Crippen LogP contribution in [-0.2, 0) is 0 Å². The van der Waals surface area contributed by atoms with Crippen LogP contribution in [0.15, 0.2) is 42.6 Å². The van der Waals surface area contributed by atoms with Gasteiger partial charge in [-0.25, -0.2) is 4.98 Å². The Kier molecular flexibility index (Phi) is 3.05. The Balaban J connectivity index is 2.30. The first-order valence-electron chi connectivity index (χ1n) is 5.17. The van der Waals surface area contributed by atoms with Crippen LogP contribution in [0.5, 0.6) is 0 Å². The lowest BCUT2D eigenvalue weighted by Gasteiger charge is -2.11. The van der Waals surface area contributed by atoms with Crippen molar-refractivity contribution in [2.75, 3.05) is 5.32 Å². The number of carbonyl (C=O) groups is 1. The molecule has 1 aromatic carbocycles. The van der Waals surface area contributed by atoms with Gasteiger partial charge in [-0.05, 0) is 31.2 Å². The highest BCUT2D eigenvalue weighted by atomic mass is 16.4. The number of carboxylic acid groups (broad SMARTS) is 1. The number of pyridine rings is 1. The lowest BCUT2D eigenvalue weighted by atomic mass is 10.2. The van der Waals surface area contributed by atoms with E-state index in [0.29, 0.717) is 0 Å². The number of aromatic nitrogens is 1. The Morgan fingerprint density at radius 1 is 1.24 bits per heavy atom. The van der Waals surface area contributed by atoms with Crippen molar-refractivity contribution in [2.45, 2.75) is 6.92 Å². The minimum atomic E-state index is -1.24. The molecule has 0 radical (unpaired) electrons. The van der Waals surface area contributed by atoms with Gasteiger partial charge in [0.2, 0.25) is 0 Å². The molecule has 0 atom stereocenters. The van der Waals surface area contributed by atoms with Gasteiger partial charge in [-0.15, -0.1) is 0 Å². The van der Waals surface area contributed by atoms with E-state index in [0.717, 1.165) is 11.3 Å². The Bertz CT molecular complexity index is 535. The van der Waals surface area contributed by atoms with Crippen molar-refractivity contribution in [3.8, 4) is 0 Å². The smallest absolute Gasteiger partial charge is 0.139 e. The van der Waals surface area contributed by atoms with Crippen LogP contribution in [0.25, 0.3) is 0 Å². The van der Waals surface area contributed by atoms with Gasteiger partial charge in [-0.1, -0.05) is 17.7 Å². The zero-order chi connectivity index (χ0) is 12.3. The molecule has 0 aliphatic heterocycles. The highest BCUT2D eigenvalue weighted by Crippen LogP contribution is 2.18. The van der Waals surface area contributed by atoms with Crippen molar-refractivity contribution in [3.05, 3.63) is 53.7 Å². The van der Waals surface area contributed by atoms with Crippen LogP contribution in [0.1, 0.15) is 15.9 Å². The summed E-state index contributed by atoms with van der Waals surface area (Å²) in [6.45, 7) is 1.98. The fourth-order valence-electron chi connectivity index (χ4n) is 1.44. The first-order chi connectivity index (χ1) is 8.16. The summed E-state index contributed by atoms with van der Waals surface area (Å²) in [5, 5.41) is 13.8. The van der Waals surface area contributed by atoms with Crippen molar-refractivity contribution < 1.29 is 9.90 Å². The lowest BCUT2D eigenvalue weighted by Crippen LogP contribution is -2.23. The van der Waals surface area contributed by atoms with Gasteiger partial charge < -0.3 is 15.2 Å². The van der Waals surface area contributed by atoms with Crippen LogP contribution in [0.3, 0.4) is 0 Å². The molecule has 1 N–H and O–H groups in total. The van der Waals surface area contributed by atoms with E-state index in [1.165, 1.54) is 12.3 Å². The van der Waals surface area contributed by atoms with E-state index in [4.69, 9.17) is 0 Å². The second-order valence-corrected chi connectivity index (χ2v) is 3.68. The summed E-state index contributed by atoms with van der Waals surface area (Å²) in [4.78, 5) is 14.9. The van der Waals surface area contributed by atoms with Crippen LogP contribution >= 0.6 is 0 Å². The van der Waals surface area contributed by atoms with E-state index in [1.807, 2.05) is 31.2 Å². The van der Waals surface area contributed by atoms with Crippen molar-refractivity contribution in [1.29, 1.82) is 0 Å². The molecule has 2 aromatic rings. The molecule has 0 fully saturated rings. The first kappa shape index (κ1) is 11.1. The number of aryl methyl sites for hydroxylation is 1. The molecular weight excluding hydrogens is 216 g/mol. The van der Waals surface area contributed by atoms with Crippen molar-refractivity contribution >= 4 is 17.5 Å². The second kappa shape index (κ2) is 4.65. The Hall–Kier alpha value is -2.36. The zero-order valence-corrected chi connectivity index (χ0v) is 9.31. The Labute approximate surface area is 98.9 Å². The molecule has 0 saturated carbocycles. The molecule has 0 aliphatic rings. The number of anilines is 2. The number of nitrogens with one attached hydrogen (secondary N) is 1. The van der Waals surface area contributed by atoms with Gasteiger partial charge in [0.15, 0.2) is 0 Å². The topological polar surface area (TPSA) is 65.0 Å². The molecule has 0 amide bonds. The summed E-state index contributed by atoms with van der Waals surface area (Å²) in [5.74, 6) is -0.955. The first-order valence-corrected chi connectivity index (χ1v) is 5.17. The lowest BCUT2D eigenvalue weighted by molar-refractivity contribution is -0.254. The minimum Gasteiger partial charge on any atom is -0.545 e. The minimum absolute atomic E-state index is 0.0491. The Morgan fingerprint density at radius 2 is 1.94 bits per heavy atom. The number of nitrogens with zero attached hydrogens (tertiary/aromatic N) is 1. The maximum absolute atomic E-state index is 10.9. The fourth-order valence-corrected chi connectivity index (χ4v) is 1.44. The van der Waals surface area contributed by atoms with Crippen LogP contribution < -0.4 is 10.4 Å². The summed E-state index contributed by atoms with van der Waals surface area (Å²) >= 11 is 0. The van der Waals surface area contributed by atoms with Gasteiger partial charge >= 0.3 is 0 Å². The molecule has 0 unspecified atom stereocenters. The largest absolute Gasteiger partial charge is 0.545 e. The van der Waals surface area contributed by atoms with E-state index in [-0.39, 0.29) is 11.4 Å². The molecule has 0 aliphatic carbocycles. The summed E-state index contributed by atoms with van der Waals surface area (Å²) in [6, 6.07) is 10.6. The number of aromatic carboxylic acids is 1. The van der Waals surface area contributed by atoms with Gasteiger partial charge in [0.25, 0.3) is 0 Å². The van der Waals surface area contributed by atoms with E-state index in [2.05, 4.69) is 10.3 Å². The van der Waals surface area contributed by atoms with Crippen LogP contribution in [0.2, 0.25) is 0 Å². The quantitative estimate of drug-likeness (QED) is 0.862. The van der Waals surface area contributed by atoms with Crippen LogP contribution in [0.4, 0.5) is 11.5 Å². The maximum Gasteiger partial charge on any atom is 0.139 e. The average Bonchev–Trinajstić information content (AvgIpc) is 2.32. The second-order valence-electron chi connectivity index (χ2n) is 3.68. The average molecular weight is 227 g/mol. The van der Waals surface area contributed by atoms with Crippen molar-refractivity contribution in [2.24, 2.45) is 0 Å². The SMILES string of the molecule is Cc1ccc(Nc2ncccc2C(=O)[O-])cc1. The van der Waals surface area contributed by atoms with Crippen molar-refractivity contribution in [1.82, 2.24) is 4.98 Å². The third kappa shape index (κ3) is 2.60. The van der Waals surface area contributed by atoms with Crippen LogP contribution in [0, 0.1) is 6.92 Å². The number of hydrogen-bond acceptors (Lipinski definition) is 4.